The zero-order valence-corrected chi connectivity index (χ0v) is 17.3. The van der Waals surface area contributed by atoms with Gasteiger partial charge in [0.1, 0.15) is 0 Å². The van der Waals surface area contributed by atoms with Crippen LogP contribution in [0.15, 0.2) is 41.7 Å². The zero-order chi connectivity index (χ0) is 20.2. The van der Waals surface area contributed by atoms with Crippen molar-refractivity contribution in [1.82, 2.24) is 20.0 Å². The van der Waals surface area contributed by atoms with Gasteiger partial charge in [-0.2, -0.15) is 5.10 Å². The van der Waals surface area contributed by atoms with Gasteiger partial charge < -0.3 is 15.1 Å². The summed E-state index contributed by atoms with van der Waals surface area (Å²) in [5, 5.41) is 7.79. The molecule has 2 fully saturated rings. The summed E-state index contributed by atoms with van der Waals surface area (Å²) in [6.07, 6.45) is 7.95. The van der Waals surface area contributed by atoms with Crippen molar-refractivity contribution in [2.45, 2.75) is 38.1 Å². The number of aryl methyl sites for hydroxylation is 1. The lowest BCUT2D eigenvalue weighted by atomic mass is 10.0. The fourth-order valence-corrected chi connectivity index (χ4v) is 4.26. The minimum absolute atomic E-state index is 0.236. The summed E-state index contributed by atoms with van der Waals surface area (Å²) < 4.78 is 1.87. The van der Waals surface area contributed by atoms with Gasteiger partial charge in [0.2, 0.25) is 5.91 Å². The minimum atomic E-state index is 0.236. The Morgan fingerprint density at radius 2 is 2.07 bits per heavy atom. The molecule has 1 amide bonds. The van der Waals surface area contributed by atoms with Gasteiger partial charge in [-0.05, 0) is 42.5 Å². The second kappa shape index (κ2) is 8.68. The van der Waals surface area contributed by atoms with Crippen molar-refractivity contribution in [3.8, 4) is 0 Å². The Labute approximate surface area is 172 Å². The van der Waals surface area contributed by atoms with Crippen molar-refractivity contribution < 1.29 is 4.79 Å². The summed E-state index contributed by atoms with van der Waals surface area (Å²) >= 11 is 0. The monoisotopic (exact) mass is 394 g/mol. The number of rotatable bonds is 4. The molecular formula is C22H30N6O. The summed E-state index contributed by atoms with van der Waals surface area (Å²) in [7, 11) is 3.80. The number of hydrogen-bond donors (Lipinski definition) is 1. The molecule has 0 saturated carbocycles. The van der Waals surface area contributed by atoms with Crippen LogP contribution in [-0.4, -0.2) is 53.2 Å². The number of carbonyl (C=O) groups is 1. The van der Waals surface area contributed by atoms with E-state index in [0.717, 1.165) is 57.1 Å². The summed E-state index contributed by atoms with van der Waals surface area (Å²) in [4.78, 5) is 20.8. The van der Waals surface area contributed by atoms with Crippen molar-refractivity contribution in [1.29, 1.82) is 0 Å². The molecule has 7 heteroatoms. The van der Waals surface area contributed by atoms with Crippen LogP contribution in [0, 0.1) is 0 Å². The molecule has 29 heavy (non-hydrogen) atoms. The lowest BCUT2D eigenvalue weighted by Gasteiger charge is -2.27. The maximum atomic E-state index is 12.1. The van der Waals surface area contributed by atoms with Crippen LogP contribution in [0.3, 0.4) is 0 Å². The number of nitrogens with zero attached hydrogens (tertiary/aromatic N) is 5. The Balaban J connectivity index is 1.32. The number of likely N-dealkylation sites (tertiary alicyclic amines) is 1. The average molecular weight is 395 g/mol. The predicted octanol–water partition coefficient (Wildman–Crippen LogP) is 2.50. The fourth-order valence-electron chi connectivity index (χ4n) is 4.26. The maximum Gasteiger partial charge on any atom is 0.226 e. The number of guanidine groups is 1. The second-order valence-electron chi connectivity index (χ2n) is 7.95. The van der Waals surface area contributed by atoms with E-state index < -0.39 is 0 Å². The third-order valence-electron chi connectivity index (χ3n) is 5.92. The number of anilines is 1. The summed E-state index contributed by atoms with van der Waals surface area (Å²) in [5.74, 6) is 1.68. The van der Waals surface area contributed by atoms with Gasteiger partial charge in [-0.15, -0.1) is 0 Å². The van der Waals surface area contributed by atoms with Gasteiger partial charge in [-0.1, -0.05) is 12.1 Å². The first kappa shape index (κ1) is 19.5. The molecule has 4 rings (SSSR count). The van der Waals surface area contributed by atoms with Gasteiger partial charge in [-0.3, -0.25) is 14.5 Å². The Bertz CT molecular complexity index is 872. The minimum Gasteiger partial charge on any atom is -0.352 e. The summed E-state index contributed by atoms with van der Waals surface area (Å²) in [5.41, 5.74) is 3.48. The quantitative estimate of drug-likeness (QED) is 0.639. The molecular weight excluding hydrogens is 364 g/mol. The Hall–Kier alpha value is -2.83. The molecule has 3 heterocycles. The zero-order valence-electron chi connectivity index (χ0n) is 17.3. The number of nitrogens with one attached hydrogen (secondary N) is 1. The molecule has 0 radical (unpaired) electrons. The number of carbonyl (C=O) groups excluding carboxylic acids is 1. The number of hydrogen-bond acceptors (Lipinski definition) is 3. The van der Waals surface area contributed by atoms with E-state index in [0.29, 0.717) is 12.3 Å². The molecule has 0 spiro atoms. The van der Waals surface area contributed by atoms with E-state index in [1.807, 2.05) is 29.9 Å². The van der Waals surface area contributed by atoms with Crippen LogP contribution in [-0.2, 0) is 18.4 Å². The number of aromatic nitrogens is 2. The molecule has 154 valence electrons. The van der Waals surface area contributed by atoms with Crippen LogP contribution in [0.4, 0.5) is 5.69 Å². The molecule has 2 aliphatic heterocycles. The predicted molar refractivity (Wildman–Crippen MR) is 115 cm³/mol. The normalized spacial score (nSPS) is 20.4. The van der Waals surface area contributed by atoms with E-state index in [1.54, 1.807) is 0 Å². The molecule has 1 aromatic carbocycles. The van der Waals surface area contributed by atoms with E-state index in [1.165, 1.54) is 11.1 Å². The maximum absolute atomic E-state index is 12.1. The van der Waals surface area contributed by atoms with Gasteiger partial charge in [0.25, 0.3) is 0 Å². The number of aliphatic imine (C=N–C) groups is 1. The van der Waals surface area contributed by atoms with Crippen LogP contribution in [0.5, 0.6) is 0 Å². The standard InChI is InChI=1S/C22H30N6O/c1-23-22(27-12-10-18(16-27)19-14-25-26(2)15-19)24-13-17-6-8-20(9-7-17)28-11-4-3-5-21(28)29/h6-9,14-15,18H,3-5,10-13,16H2,1-2H3,(H,23,24). The highest BCUT2D eigenvalue weighted by Gasteiger charge is 2.27. The number of piperidine rings is 1. The van der Waals surface area contributed by atoms with Gasteiger partial charge >= 0.3 is 0 Å². The highest BCUT2D eigenvalue weighted by atomic mass is 16.2. The van der Waals surface area contributed by atoms with E-state index >= 15 is 0 Å². The van der Waals surface area contributed by atoms with Crippen molar-refractivity contribution in [3.05, 3.63) is 47.8 Å². The summed E-state index contributed by atoms with van der Waals surface area (Å²) in [6.45, 7) is 3.50. The van der Waals surface area contributed by atoms with E-state index in [2.05, 4.69) is 50.8 Å². The molecule has 1 unspecified atom stereocenters. The largest absolute Gasteiger partial charge is 0.352 e. The molecule has 2 saturated heterocycles. The van der Waals surface area contributed by atoms with Crippen LogP contribution in [0.1, 0.15) is 42.7 Å². The fraction of sp³-hybridized carbons (Fsp3) is 0.500. The first-order valence-electron chi connectivity index (χ1n) is 10.5. The molecule has 0 bridgehead atoms. The van der Waals surface area contributed by atoms with Gasteiger partial charge in [0.05, 0.1) is 6.20 Å². The van der Waals surface area contributed by atoms with E-state index in [-0.39, 0.29) is 5.91 Å². The first-order valence-corrected chi connectivity index (χ1v) is 10.5. The van der Waals surface area contributed by atoms with Crippen molar-refractivity contribution in [3.63, 3.8) is 0 Å². The van der Waals surface area contributed by atoms with Crippen LogP contribution < -0.4 is 10.2 Å². The van der Waals surface area contributed by atoms with Gasteiger partial charge in [0.15, 0.2) is 5.96 Å². The molecule has 2 aliphatic rings. The van der Waals surface area contributed by atoms with Crippen molar-refractivity contribution in [2.75, 3.05) is 31.6 Å². The van der Waals surface area contributed by atoms with E-state index in [4.69, 9.17) is 0 Å². The molecule has 0 aliphatic carbocycles. The smallest absolute Gasteiger partial charge is 0.226 e. The lowest BCUT2D eigenvalue weighted by molar-refractivity contribution is -0.119. The highest BCUT2D eigenvalue weighted by Crippen LogP contribution is 2.27. The Kier molecular flexibility index (Phi) is 5.83. The SMILES string of the molecule is CN=C(NCc1ccc(N2CCCCC2=O)cc1)N1CCC(c2cnn(C)c2)C1. The number of amides is 1. The number of benzene rings is 1. The van der Waals surface area contributed by atoms with Crippen LogP contribution in [0.25, 0.3) is 0 Å². The molecule has 2 aromatic rings. The van der Waals surface area contributed by atoms with Crippen molar-refractivity contribution in [2.24, 2.45) is 12.0 Å². The Morgan fingerprint density at radius 1 is 1.24 bits per heavy atom. The van der Waals surface area contributed by atoms with Crippen molar-refractivity contribution >= 4 is 17.6 Å². The molecule has 7 nitrogen and oxygen atoms in total. The first-order chi connectivity index (χ1) is 14.1. The Morgan fingerprint density at radius 3 is 2.76 bits per heavy atom. The van der Waals surface area contributed by atoms with Gasteiger partial charge in [-0.25, -0.2) is 0 Å². The topological polar surface area (TPSA) is 65.8 Å². The lowest BCUT2D eigenvalue weighted by Crippen LogP contribution is -2.39. The average Bonchev–Trinajstić information content (AvgIpc) is 3.39. The summed E-state index contributed by atoms with van der Waals surface area (Å²) in [6, 6.07) is 8.30. The van der Waals surface area contributed by atoms with Gasteiger partial charge in [0, 0.05) is 64.5 Å². The van der Waals surface area contributed by atoms with Crippen LogP contribution >= 0.6 is 0 Å². The van der Waals surface area contributed by atoms with Crippen LogP contribution in [0.2, 0.25) is 0 Å². The second-order valence-corrected chi connectivity index (χ2v) is 7.95. The molecule has 1 aromatic heterocycles. The highest BCUT2D eigenvalue weighted by molar-refractivity contribution is 5.93. The third-order valence-corrected chi connectivity index (χ3v) is 5.92. The molecule has 1 N–H and O–H groups in total. The molecule has 1 atom stereocenters. The third kappa shape index (κ3) is 4.44. The van der Waals surface area contributed by atoms with E-state index in [9.17, 15) is 4.79 Å².